The Kier molecular flexibility index (Phi) is 7.65. The van der Waals surface area contributed by atoms with Gasteiger partial charge in [-0.3, -0.25) is 0 Å². The summed E-state index contributed by atoms with van der Waals surface area (Å²) in [5.41, 5.74) is 0. The van der Waals surface area contributed by atoms with Crippen LogP contribution in [0.4, 0.5) is 0 Å². The molecule has 0 fully saturated rings. The molecule has 0 aliphatic heterocycles. The fourth-order valence-corrected chi connectivity index (χ4v) is 3.03. The number of thioether (sulfide) groups is 1. The molecule has 2 N–H and O–H groups in total. The van der Waals surface area contributed by atoms with Crippen molar-refractivity contribution in [3.05, 3.63) is 17.9 Å². The van der Waals surface area contributed by atoms with Gasteiger partial charge in [0.2, 0.25) is 5.09 Å². The van der Waals surface area contributed by atoms with Crippen molar-refractivity contribution in [1.82, 2.24) is 10.0 Å². The maximum atomic E-state index is 12.0. The molecular weight excluding hydrogens is 296 g/mol. The summed E-state index contributed by atoms with van der Waals surface area (Å²) in [5, 5.41) is 3.20. The van der Waals surface area contributed by atoms with Crippen molar-refractivity contribution in [2.45, 2.75) is 31.9 Å². The summed E-state index contributed by atoms with van der Waals surface area (Å²) < 4.78 is 31.8. The minimum Gasteiger partial charge on any atom is -0.447 e. The molecule has 0 unspecified atom stereocenters. The molecule has 0 amide bonds. The van der Waals surface area contributed by atoms with E-state index in [1.807, 2.05) is 6.26 Å². The molecule has 0 saturated heterocycles. The molecule has 116 valence electrons. The summed E-state index contributed by atoms with van der Waals surface area (Å²) in [4.78, 5) is 0. The molecule has 0 spiro atoms. The predicted molar refractivity (Wildman–Crippen MR) is 83.4 cm³/mol. The molecule has 0 radical (unpaired) electrons. The van der Waals surface area contributed by atoms with Crippen molar-refractivity contribution in [2.24, 2.45) is 5.92 Å². The Labute approximate surface area is 125 Å². The van der Waals surface area contributed by atoms with Crippen molar-refractivity contribution in [3.8, 4) is 0 Å². The second-order valence-electron chi connectivity index (χ2n) is 4.99. The third-order valence-electron chi connectivity index (χ3n) is 2.57. The van der Waals surface area contributed by atoms with Gasteiger partial charge in [0, 0.05) is 6.54 Å². The number of nitrogens with one attached hydrogen (secondary N) is 2. The Bertz CT molecular complexity index is 484. The summed E-state index contributed by atoms with van der Waals surface area (Å²) >= 11 is 1.70. The second-order valence-corrected chi connectivity index (χ2v) is 7.67. The van der Waals surface area contributed by atoms with Crippen LogP contribution >= 0.6 is 11.8 Å². The second kappa shape index (κ2) is 8.71. The third-order valence-corrected chi connectivity index (χ3v) is 4.60. The molecule has 20 heavy (non-hydrogen) atoms. The molecule has 1 aromatic heterocycles. The summed E-state index contributed by atoms with van der Waals surface area (Å²) in [6.07, 6.45) is 2.81. The monoisotopic (exact) mass is 320 g/mol. The Morgan fingerprint density at radius 2 is 2.10 bits per heavy atom. The zero-order valence-corrected chi connectivity index (χ0v) is 13.9. The number of rotatable bonds is 10. The van der Waals surface area contributed by atoms with Crippen LogP contribution in [0.2, 0.25) is 0 Å². The van der Waals surface area contributed by atoms with E-state index in [0.717, 1.165) is 18.7 Å². The van der Waals surface area contributed by atoms with Gasteiger partial charge in [-0.2, -0.15) is 11.8 Å². The molecule has 0 aliphatic rings. The van der Waals surface area contributed by atoms with E-state index in [2.05, 4.69) is 23.9 Å². The quantitative estimate of drug-likeness (QED) is 0.646. The fourth-order valence-electron chi connectivity index (χ4n) is 1.58. The first-order valence-electron chi connectivity index (χ1n) is 6.73. The van der Waals surface area contributed by atoms with Crippen molar-refractivity contribution < 1.29 is 12.8 Å². The van der Waals surface area contributed by atoms with Crippen LogP contribution in [0.15, 0.2) is 21.6 Å². The van der Waals surface area contributed by atoms with Crippen molar-refractivity contribution in [2.75, 3.05) is 25.1 Å². The van der Waals surface area contributed by atoms with E-state index in [-0.39, 0.29) is 5.09 Å². The average Bonchev–Trinajstić information content (AvgIpc) is 2.84. The van der Waals surface area contributed by atoms with Gasteiger partial charge >= 0.3 is 0 Å². The van der Waals surface area contributed by atoms with Crippen LogP contribution in [0.25, 0.3) is 0 Å². The largest absolute Gasteiger partial charge is 0.447 e. The number of hydrogen-bond donors (Lipinski definition) is 2. The highest BCUT2D eigenvalue weighted by molar-refractivity contribution is 7.98. The molecule has 1 heterocycles. The summed E-state index contributed by atoms with van der Waals surface area (Å²) in [7, 11) is -3.51. The molecule has 0 aliphatic carbocycles. The van der Waals surface area contributed by atoms with Crippen LogP contribution in [-0.2, 0) is 16.6 Å². The van der Waals surface area contributed by atoms with E-state index >= 15 is 0 Å². The summed E-state index contributed by atoms with van der Waals surface area (Å²) in [6, 6.07) is 3.20. The average molecular weight is 320 g/mol. The lowest BCUT2D eigenvalue weighted by Gasteiger charge is -2.05. The lowest BCUT2D eigenvalue weighted by molar-refractivity contribution is 0.394. The molecule has 1 rings (SSSR count). The highest BCUT2D eigenvalue weighted by Crippen LogP contribution is 2.13. The van der Waals surface area contributed by atoms with Gasteiger partial charge in [0.15, 0.2) is 0 Å². The Balaban J connectivity index is 2.48. The van der Waals surface area contributed by atoms with E-state index in [9.17, 15) is 8.42 Å². The van der Waals surface area contributed by atoms with Crippen LogP contribution in [0.5, 0.6) is 0 Å². The highest BCUT2D eigenvalue weighted by Gasteiger charge is 2.17. The van der Waals surface area contributed by atoms with E-state index in [1.54, 1.807) is 17.8 Å². The van der Waals surface area contributed by atoms with Crippen LogP contribution in [0.1, 0.15) is 26.0 Å². The molecule has 0 saturated carbocycles. The lowest BCUT2D eigenvalue weighted by atomic mass is 10.2. The van der Waals surface area contributed by atoms with Gasteiger partial charge in [0.05, 0.1) is 6.54 Å². The molecule has 1 aromatic rings. The number of furan rings is 1. The van der Waals surface area contributed by atoms with E-state index in [1.165, 1.54) is 6.07 Å². The Morgan fingerprint density at radius 1 is 1.35 bits per heavy atom. The van der Waals surface area contributed by atoms with Gasteiger partial charge in [-0.05, 0) is 43.0 Å². The summed E-state index contributed by atoms with van der Waals surface area (Å²) in [5.74, 6) is 2.12. The maximum absolute atomic E-state index is 12.0. The number of sulfonamides is 1. The minimum atomic E-state index is -3.51. The van der Waals surface area contributed by atoms with Gasteiger partial charge in [0.25, 0.3) is 10.0 Å². The number of hydrogen-bond acceptors (Lipinski definition) is 5. The predicted octanol–water partition coefficient (Wildman–Crippen LogP) is 2.06. The van der Waals surface area contributed by atoms with Gasteiger partial charge in [-0.1, -0.05) is 13.8 Å². The molecule has 7 heteroatoms. The third kappa shape index (κ3) is 6.30. The first-order chi connectivity index (χ1) is 9.45. The van der Waals surface area contributed by atoms with E-state index in [0.29, 0.717) is 24.8 Å². The van der Waals surface area contributed by atoms with Gasteiger partial charge in [-0.25, -0.2) is 13.1 Å². The van der Waals surface area contributed by atoms with Gasteiger partial charge in [-0.15, -0.1) is 0 Å². The lowest BCUT2D eigenvalue weighted by Crippen LogP contribution is -2.24. The maximum Gasteiger partial charge on any atom is 0.273 e. The summed E-state index contributed by atoms with van der Waals surface area (Å²) in [6.45, 7) is 6.08. The zero-order chi connectivity index (χ0) is 15.0. The molecular formula is C13H24N2O3S2. The SMILES string of the molecule is CSCCCNS(=O)(=O)c1ccc(CNCC(C)C)o1. The van der Waals surface area contributed by atoms with E-state index in [4.69, 9.17) is 4.42 Å². The van der Waals surface area contributed by atoms with Crippen LogP contribution in [0, 0.1) is 5.92 Å². The minimum absolute atomic E-state index is 0.0111. The molecule has 0 atom stereocenters. The Morgan fingerprint density at radius 3 is 2.75 bits per heavy atom. The van der Waals surface area contributed by atoms with Gasteiger partial charge in [0.1, 0.15) is 5.76 Å². The molecule has 0 aromatic carbocycles. The molecule has 0 bridgehead atoms. The van der Waals surface area contributed by atoms with Crippen LogP contribution in [0.3, 0.4) is 0 Å². The topological polar surface area (TPSA) is 71.3 Å². The standard InChI is InChI=1S/C13H24N2O3S2/c1-11(2)9-14-10-12-5-6-13(18-12)20(16,17)15-7-4-8-19-3/h5-6,11,14-15H,4,7-10H2,1-3H3. The van der Waals surface area contributed by atoms with Gasteiger partial charge < -0.3 is 9.73 Å². The first kappa shape index (κ1) is 17.6. The van der Waals surface area contributed by atoms with Crippen LogP contribution in [-0.4, -0.2) is 33.5 Å². The van der Waals surface area contributed by atoms with Crippen molar-refractivity contribution in [1.29, 1.82) is 0 Å². The normalized spacial score (nSPS) is 12.2. The highest BCUT2D eigenvalue weighted by atomic mass is 32.2. The molecule has 5 nitrogen and oxygen atoms in total. The smallest absolute Gasteiger partial charge is 0.273 e. The fraction of sp³-hybridized carbons (Fsp3) is 0.692. The van der Waals surface area contributed by atoms with Crippen LogP contribution < -0.4 is 10.0 Å². The Hall–Kier alpha value is -0.500. The zero-order valence-electron chi connectivity index (χ0n) is 12.3. The first-order valence-corrected chi connectivity index (χ1v) is 9.61. The van der Waals surface area contributed by atoms with Crippen molar-refractivity contribution >= 4 is 21.8 Å². The van der Waals surface area contributed by atoms with Crippen molar-refractivity contribution in [3.63, 3.8) is 0 Å². The van der Waals surface area contributed by atoms with E-state index < -0.39 is 10.0 Å².